The van der Waals surface area contributed by atoms with Crippen molar-refractivity contribution in [1.82, 2.24) is 24.1 Å². The lowest BCUT2D eigenvalue weighted by Gasteiger charge is -2.15. The number of pyridine rings is 1. The molecule has 0 saturated heterocycles. The molecule has 0 aliphatic rings. The second kappa shape index (κ2) is 10.1. The maximum atomic E-state index is 13.9. The molecule has 0 spiro atoms. The number of aryl methyl sites for hydroxylation is 2. The van der Waals surface area contributed by atoms with Gasteiger partial charge >= 0.3 is 6.18 Å². The molecule has 5 rings (SSSR count). The quantitative estimate of drug-likeness (QED) is 0.273. The van der Waals surface area contributed by atoms with Gasteiger partial charge in [-0.2, -0.15) is 13.2 Å². The van der Waals surface area contributed by atoms with E-state index in [-0.39, 0.29) is 23.6 Å². The number of hydrogen-bond donors (Lipinski definition) is 2. The molecule has 5 aromatic rings. The zero-order valence-corrected chi connectivity index (χ0v) is 21.2. The first-order valence-electron chi connectivity index (χ1n) is 11.9. The molecule has 1 amide bonds. The fourth-order valence-electron chi connectivity index (χ4n) is 4.16. The molecule has 12 heteroatoms. The Morgan fingerprint density at radius 2 is 1.85 bits per heavy atom. The number of rotatable bonds is 7. The van der Waals surface area contributed by atoms with Crippen LogP contribution in [0.15, 0.2) is 67.3 Å². The van der Waals surface area contributed by atoms with Crippen molar-refractivity contribution in [3.63, 3.8) is 0 Å². The van der Waals surface area contributed by atoms with Crippen LogP contribution >= 0.6 is 0 Å². The highest BCUT2D eigenvalue weighted by Gasteiger charge is 2.34. The van der Waals surface area contributed by atoms with Crippen molar-refractivity contribution in [2.75, 3.05) is 10.6 Å². The van der Waals surface area contributed by atoms with Crippen molar-refractivity contribution in [3.05, 3.63) is 84.1 Å². The SMILES string of the molecule is CC(=O)Nc1cc(Oc2ccc3nc(Nc4ccc(Cc5cncn5C)c(C(F)(F)F)c4)n(C)c3c2)ccn1. The summed E-state index contributed by atoms with van der Waals surface area (Å²) in [4.78, 5) is 23.9. The number of ether oxygens (including phenoxy) is 1. The molecule has 0 atom stereocenters. The van der Waals surface area contributed by atoms with Gasteiger partial charge in [-0.05, 0) is 35.9 Å². The van der Waals surface area contributed by atoms with E-state index in [2.05, 4.69) is 25.6 Å². The number of nitrogens with one attached hydrogen (secondary N) is 2. The normalized spacial score (nSPS) is 11.5. The van der Waals surface area contributed by atoms with Crippen molar-refractivity contribution < 1.29 is 22.7 Å². The zero-order valence-electron chi connectivity index (χ0n) is 21.2. The third-order valence-electron chi connectivity index (χ3n) is 6.08. The van der Waals surface area contributed by atoms with Gasteiger partial charge in [0.2, 0.25) is 11.9 Å². The van der Waals surface area contributed by atoms with Crippen LogP contribution in [0.25, 0.3) is 11.0 Å². The number of benzene rings is 2. The van der Waals surface area contributed by atoms with Crippen LogP contribution in [0.2, 0.25) is 0 Å². The Bertz CT molecular complexity index is 1670. The first-order chi connectivity index (χ1) is 18.6. The first-order valence-corrected chi connectivity index (χ1v) is 11.9. The van der Waals surface area contributed by atoms with Crippen molar-refractivity contribution >= 4 is 34.4 Å². The van der Waals surface area contributed by atoms with Crippen molar-refractivity contribution in [1.29, 1.82) is 0 Å². The van der Waals surface area contributed by atoms with E-state index in [0.29, 0.717) is 40.0 Å². The molecule has 0 aliphatic carbocycles. The standard InChI is InChI=1S/C27H24F3N7O2/c1-16(38)33-25-13-21(8-9-32-25)39-20-6-7-23-24(12-20)37(3)26(35-23)34-18-5-4-17(22(11-18)27(28,29)30)10-19-14-31-15-36(19)2/h4-9,11-15H,10H2,1-3H3,(H,34,35)(H,32,33,38). The van der Waals surface area contributed by atoms with E-state index < -0.39 is 11.7 Å². The number of amides is 1. The molecule has 2 N–H and O–H groups in total. The molecule has 3 aromatic heterocycles. The van der Waals surface area contributed by atoms with Gasteiger partial charge in [0.25, 0.3) is 0 Å². The minimum atomic E-state index is -4.53. The third-order valence-corrected chi connectivity index (χ3v) is 6.08. The van der Waals surface area contributed by atoms with Crippen LogP contribution in [0.4, 0.5) is 30.6 Å². The minimum Gasteiger partial charge on any atom is -0.457 e. The largest absolute Gasteiger partial charge is 0.457 e. The Morgan fingerprint density at radius 1 is 1.05 bits per heavy atom. The summed E-state index contributed by atoms with van der Waals surface area (Å²) in [6.07, 6.45) is 0.199. The summed E-state index contributed by atoms with van der Waals surface area (Å²) in [6.45, 7) is 1.39. The maximum Gasteiger partial charge on any atom is 0.416 e. The fraction of sp³-hybridized carbons (Fsp3) is 0.185. The van der Waals surface area contributed by atoms with Crippen LogP contribution in [0.5, 0.6) is 11.5 Å². The van der Waals surface area contributed by atoms with Gasteiger partial charge in [-0.3, -0.25) is 4.79 Å². The second-order valence-corrected chi connectivity index (χ2v) is 8.97. The van der Waals surface area contributed by atoms with Crippen molar-refractivity contribution in [3.8, 4) is 11.5 Å². The number of fused-ring (bicyclic) bond motifs is 1. The van der Waals surface area contributed by atoms with E-state index in [9.17, 15) is 18.0 Å². The van der Waals surface area contributed by atoms with E-state index in [4.69, 9.17) is 4.74 Å². The lowest BCUT2D eigenvalue weighted by atomic mass is 10.0. The van der Waals surface area contributed by atoms with Gasteiger partial charge in [-0.1, -0.05) is 6.07 Å². The Morgan fingerprint density at radius 3 is 2.56 bits per heavy atom. The predicted octanol–water partition coefficient (Wildman–Crippen LogP) is 5.81. The summed E-state index contributed by atoms with van der Waals surface area (Å²) in [5, 5.41) is 5.61. The molecule has 3 heterocycles. The van der Waals surface area contributed by atoms with Crippen LogP contribution in [0.3, 0.4) is 0 Å². The molecule has 39 heavy (non-hydrogen) atoms. The van der Waals surface area contributed by atoms with Crippen LogP contribution in [0, 0.1) is 0 Å². The summed E-state index contributed by atoms with van der Waals surface area (Å²) >= 11 is 0. The van der Waals surface area contributed by atoms with E-state index in [1.807, 2.05) is 0 Å². The Balaban J connectivity index is 1.40. The highest BCUT2D eigenvalue weighted by Crippen LogP contribution is 2.36. The minimum absolute atomic E-state index is 0.102. The molecule has 200 valence electrons. The molecular weight excluding hydrogens is 511 g/mol. The number of carbonyl (C=O) groups is 1. The van der Waals surface area contributed by atoms with Gasteiger partial charge in [-0.15, -0.1) is 0 Å². The molecule has 0 bridgehead atoms. The molecule has 0 unspecified atom stereocenters. The van der Waals surface area contributed by atoms with Gasteiger partial charge in [0.1, 0.15) is 17.3 Å². The van der Waals surface area contributed by atoms with Gasteiger partial charge < -0.3 is 24.5 Å². The topological polar surface area (TPSA) is 98.9 Å². The Hall–Kier alpha value is -4.87. The predicted molar refractivity (Wildman–Crippen MR) is 140 cm³/mol. The van der Waals surface area contributed by atoms with Gasteiger partial charge in [-0.25, -0.2) is 15.0 Å². The van der Waals surface area contributed by atoms with E-state index in [1.165, 1.54) is 19.2 Å². The van der Waals surface area contributed by atoms with Crippen LogP contribution in [-0.4, -0.2) is 30.0 Å². The number of halogens is 3. The summed E-state index contributed by atoms with van der Waals surface area (Å²) in [7, 11) is 3.50. The highest BCUT2D eigenvalue weighted by molar-refractivity contribution is 5.87. The maximum absolute atomic E-state index is 13.9. The smallest absolute Gasteiger partial charge is 0.416 e. The highest BCUT2D eigenvalue weighted by atomic mass is 19.4. The number of nitrogens with zero attached hydrogens (tertiary/aromatic N) is 5. The van der Waals surface area contributed by atoms with Crippen LogP contribution in [-0.2, 0) is 31.5 Å². The molecule has 0 aliphatic heterocycles. The fourth-order valence-corrected chi connectivity index (χ4v) is 4.16. The van der Waals surface area contributed by atoms with Crippen molar-refractivity contribution in [2.24, 2.45) is 14.1 Å². The van der Waals surface area contributed by atoms with E-state index >= 15 is 0 Å². The third kappa shape index (κ3) is 5.69. The summed E-state index contributed by atoms with van der Waals surface area (Å²) < 4.78 is 51.2. The van der Waals surface area contributed by atoms with Crippen LogP contribution < -0.4 is 15.4 Å². The molecule has 9 nitrogen and oxygen atoms in total. The number of anilines is 3. The first kappa shape index (κ1) is 25.8. The second-order valence-electron chi connectivity index (χ2n) is 8.97. The number of hydrogen-bond acceptors (Lipinski definition) is 6. The molecule has 0 saturated carbocycles. The van der Waals surface area contributed by atoms with Gasteiger partial charge in [0.15, 0.2) is 0 Å². The molecule has 0 radical (unpaired) electrons. The summed E-state index contributed by atoms with van der Waals surface area (Å²) in [5.41, 5.74) is 1.70. The number of carbonyl (C=O) groups excluding carboxylic acids is 1. The van der Waals surface area contributed by atoms with E-state index in [1.54, 1.807) is 72.2 Å². The zero-order chi connectivity index (χ0) is 27.7. The lowest BCUT2D eigenvalue weighted by molar-refractivity contribution is -0.138. The number of alkyl halides is 3. The van der Waals surface area contributed by atoms with E-state index in [0.717, 1.165) is 6.07 Å². The summed E-state index contributed by atoms with van der Waals surface area (Å²) in [5.74, 6) is 1.46. The molecule has 0 fully saturated rings. The number of imidazole rings is 2. The Labute approximate surface area is 221 Å². The average molecular weight is 536 g/mol. The Kier molecular flexibility index (Phi) is 6.69. The molecular formula is C27H24F3N7O2. The van der Waals surface area contributed by atoms with Gasteiger partial charge in [0.05, 0.1) is 22.9 Å². The lowest BCUT2D eigenvalue weighted by Crippen LogP contribution is -2.11. The number of aromatic nitrogens is 5. The van der Waals surface area contributed by atoms with Crippen molar-refractivity contribution in [2.45, 2.75) is 19.5 Å². The monoisotopic (exact) mass is 535 g/mol. The summed E-state index contributed by atoms with van der Waals surface area (Å²) in [6, 6.07) is 12.7. The van der Waals surface area contributed by atoms with Gasteiger partial charge in [0, 0.05) is 63.3 Å². The molecule has 2 aromatic carbocycles. The average Bonchev–Trinajstić information content (AvgIpc) is 3.41. The van der Waals surface area contributed by atoms with Crippen LogP contribution in [0.1, 0.15) is 23.7 Å².